The Hall–Kier alpha value is -3.12. The van der Waals surface area contributed by atoms with Gasteiger partial charge in [-0.15, -0.1) is 0 Å². The minimum atomic E-state index is -3.60. The molecule has 5 nitrogen and oxygen atoms in total. The van der Waals surface area contributed by atoms with E-state index >= 15 is 0 Å². The first-order valence-electron chi connectivity index (χ1n) is 9.08. The molecule has 1 N–H and O–H groups in total. The Kier molecular flexibility index (Phi) is 4.88. The van der Waals surface area contributed by atoms with Gasteiger partial charge in [-0.3, -0.25) is 9.10 Å². The van der Waals surface area contributed by atoms with Crippen molar-refractivity contribution in [2.24, 2.45) is 0 Å². The number of nitrogens with one attached hydrogen (secondary N) is 1. The van der Waals surface area contributed by atoms with Crippen molar-refractivity contribution in [3.05, 3.63) is 95.6 Å². The molecule has 1 amide bonds. The summed E-state index contributed by atoms with van der Waals surface area (Å²) in [6, 6.07) is 23.3. The molecular weight excluding hydrogens is 372 g/mol. The second-order valence-electron chi connectivity index (χ2n) is 6.65. The van der Waals surface area contributed by atoms with Gasteiger partial charge >= 0.3 is 0 Å². The number of hydrogen-bond acceptors (Lipinski definition) is 3. The van der Waals surface area contributed by atoms with Crippen LogP contribution in [0.25, 0.3) is 0 Å². The second kappa shape index (κ2) is 7.48. The molecular formula is C22H20N2O3S. The molecule has 6 heteroatoms. The maximum absolute atomic E-state index is 12.9. The van der Waals surface area contributed by atoms with Crippen molar-refractivity contribution in [1.82, 2.24) is 5.32 Å². The molecule has 0 saturated carbocycles. The summed E-state index contributed by atoms with van der Waals surface area (Å²) in [6.45, 7) is 0.826. The van der Waals surface area contributed by atoms with Crippen molar-refractivity contribution in [1.29, 1.82) is 0 Å². The molecule has 1 heterocycles. The van der Waals surface area contributed by atoms with Gasteiger partial charge in [0, 0.05) is 18.7 Å². The Bertz CT molecular complexity index is 1100. The quantitative estimate of drug-likeness (QED) is 0.724. The van der Waals surface area contributed by atoms with Crippen molar-refractivity contribution in [3.8, 4) is 0 Å². The van der Waals surface area contributed by atoms with Crippen LogP contribution in [0.5, 0.6) is 0 Å². The number of fused-ring (bicyclic) bond motifs is 1. The summed E-state index contributed by atoms with van der Waals surface area (Å²) in [6.07, 6.45) is 0.585. The molecule has 0 fully saturated rings. The highest BCUT2D eigenvalue weighted by Gasteiger charge is 2.31. The molecule has 142 valence electrons. The number of amides is 1. The van der Waals surface area contributed by atoms with Gasteiger partial charge in [-0.2, -0.15) is 0 Å². The third kappa shape index (κ3) is 3.51. The van der Waals surface area contributed by atoms with Crippen LogP contribution in [-0.2, 0) is 23.0 Å². The highest BCUT2D eigenvalue weighted by molar-refractivity contribution is 7.92. The molecule has 0 radical (unpaired) electrons. The van der Waals surface area contributed by atoms with E-state index in [0.717, 1.165) is 11.1 Å². The fraction of sp³-hybridized carbons (Fsp3) is 0.136. The summed E-state index contributed by atoms with van der Waals surface area (Å²) in [7, 11) is -3.60. The van der Waals surface area contributed by atoms with Crippen molar-refractivity contribution in [3.63, 3.8) is 0 Å². The van der Waals surface area contributed by atoms with Gasteiger partial charge in [0.2, 0.25) is 0 Å². The minimum absolute atomic E-state index is 0.170. The van der Waals surface area contributed by atoms with E-state index in [4.69, 9.17) is 0 Å². The smallest absolute Gasteiger partial charge is 0.264 e. The Labute approximate surface area is 164 Å². The van der Waals surface area contributed by atoms with Crippen LogP contribution in [0.3, 0.4) is 0 Å². The molecule has 1 aliphatic heterocycles. The Morgan fingerprint density at radius 1 is 0.929 bits per heavy atom. The van der Waals surface area contributed by atoms with Gasteiger partial charge < -0.3 is 5.32 Å². The van der Waals surface area contributed by atoms with Gasteiger partial charge in [0.1, 0.15) is 0 Å². The number of anilines is 1. The van der Waals surface area contributed by atoms with E-state index in [-0.39, 0.29) is 10.8 Å². The van der Waals surface area contributed by atoms with Crippen LogP contribution in [0.1, 0.15) is 21.5 Å². The Morgan fingerprint density at radius 2 is 1.61 bits per heavy atom. The monoisotopic (exact) mass is 392 g/mol. The van der Waals surface area contributed by atoms with Crippen LogP contribution in [-0.4, -0.2) is 20.9 Å². The first-order valence-corrected chi connectivity index (χ1v) is 10.5. The van der Waals surface area contributed by atoms with Gasteiger partial charge in [0.25, 0.3) is 15.9 Å². The fourth-order valence-electron chi connectivity index (χ4n) is 3.36. The van der Waals surface area contributed by atoms with Crippen molar-refractivity contribution in [2.75, 3.05) is 10.8 Å². The minimum Gasteiger partial charge on any atom is -0.348 e. The molecule has 0 spiro atoms. The molecule has 0 saturated heterocycles. The molecule has 3 aromatic carbocycles. The van der Waals surface area contributed by atoms with E-state index in [1.807, 2.05) is 30.3 Å². The summed E-state index contributed by atoms with van der Waals surface area (Å²) in [5.74, 6) is -0.170. The highest BCUT2D eigenvalue weighted by Crippen LogP contribution is 2.33. The maximum atomic E-state index is 12.9. The number of benzene rings is 3. The molecule has 0 aromatic heterocycles. The largest absolute Gasteiger partial charge is 0.348 e. The zero-order valence-corrected chi connectivity index (χ0v) is 16.0. The Morgan fingerprint density at radius 3 is 2.32 bits per heavy atom. The molecule has 1 aliphatic rings. The standard InChI is InChI=1S/C22H20N2O3S/c25-22(23-16-17-7-3-1-4-8-17)19-11-12-21-18(15-19)13-14-24(21)28(26,27)20-9-5-2-6-10-20/h1-12,15H,13-14,16H2,(H,23,25). The van der Waals surface area contributed by atoms with E-state index in [9.17, 15) is 13.2 Å². The fourth-order valence-corrected chi connectivity index (χ4v) is 4.89. The molecule has 4 rings (SSSR count). The normalized spacial score (nSPS) is 13.2. The molecule has 3 aromatic rings. The third-order valence-electron chi connectivity index (χ3n) is 4.82. The lowest BCUT2D eigenvalue weighted by Gasteiger charge is -2.19. The van der Waals surface area contributed by atoms with Gasteiger partial charge in [-0.25, -0.2) is 8.42 Å². The van der Waals surface area contributed by atoms with Gasteiger partial charge in [0.15, 0.2) is 0 Å². The molecule has 0 aliphatic carbocycles. The lowest BCUT2D eigenvalue weighted by atomic mass is 10.1. The lowest BCUT2D eigenvalue weighted by Crippen LogP contribution is -2.29. The number of carbonyl (C=O) groups is 1. The zero-order chi connectivity index (χ0) is 19.6. The van der Waals surface area contributed by atoms with Crippen LogP contribution < -0.4 is 9.62 Å². The SMILES string of the molecule is O=C(NCc1ccccc1)c1ccc2c(c1)CCN2S(=O)(=O)c1ccccc1. The highest BCUT2D eigenvalue weighted by atomic mass is 32.2. The van der Waals surface area contributed by atoms with Gasteiger partial charge in [-0.05, 0) is 47.9 Å². The zero-order valence-electron chi connectivity index (χ0n) is 15.2. The van der Waals surface area contributed by atoms with Crippen LogP contribution >= 0.6 is 0 Å². The van der Waals surface area contributed by atoms with Crippen molar-refractivity contribution >= 4 is 21.6 Å². The van der Waals surface area contributed by atoms with E-state index in [1.54, 1.807) is 48.5 Å². The average Bonchev–Trinajstić information content (AvgIpc) is 3.17. The summed E-state index contributed by atoms with van der Waals surface area (Å²) in [4.78, 5) is 12.7. The van der Waals surface area contributed by atoms with E-state index < -0.39 is 10.0 Å². The van der Waals surface area contributed by atoms with Gasteiger partial charge in [-0.1, -0.05) is 48.5 Å². The van der Waals surface area contributed by atoms with Crippen molar-refractivity contribution < 1.29 is 13.2 Å². The third-order valence-corrected chi connectivity index (χ3v) is 6.65. The van der Waals surface area contributed by atoms with E-state index in [0.29, 0.717) is 30.8 Å². The maximum Gasteiger partial charge on any atom is 0.264 e. The first-order chi connectivity index (χ1) is 13.6. The summed E-state index contributed by atoms with van der Waals surface area (Å²) < 4.78 is 27.3. The summed E-state index contributed by atoms with van der Waals surface area (Å²) in [5, 5.41) is 2.90. The summed E-state index contributed by atoms with van der Waals surface area (Å²) >= 11 is 0. The predicted octanol–water partition coefficient (Wildman–Crippen LogP) is 3.37. The first kappa shape index (κ1) is 18.3. The predicted molar refractivity (Wildman–Crippen MR) is 109 cm³/mol. The van der Waals surface area contributed by atoms with Crippen LogP contribution in [0.15, 0.2) is 83.8 Å². The molecule has 0 bridgehead atoms. The number of sulfonamides is 1. The lowest BCUT2D eigenvalue weighted by molar-refractivity contribution is 0.0951. The number of rotatable bonds is 5. The molecule has 0 unspecified atom stereocenters. The van der Waals surface area contributed by atoms with Crippen LogP contribution in [0.4, 0.5) is 5.69 Å². The number of carbonyl (C=O) groups excluding carboxylic acids is 1. The van der Waals surface area contributed by atoms with Crippen LogP contribution in [0.2, 0.25) is 0 Å². The topological polar surface area (TPSA) is 66.5 Å². The number of nitrogens with zero attached hydrogens (tertiary/aromatic N) is 1. The van der Waals surface area contributed by atoms with Gasteiger partial charge in [0.05, 0.1) is 10.6 Å². The molecule has 0 atom stereocenters. The molecule has 28 heavy (non-hydrogen) atoms. The Balaban J connectivity index is 1.53. The van der Waals surface area contributed by atoms with Crippen molar-refractivity contribution in [2.45, 2.75) is 17.9 Å². The van der Waals surface area contributed by atoms with E-state index in [2.05, 4.69) is 5.32 Å². The summed E-state index contributed by atoms with van der Waals surface area (Å²) in [5.41, 5.74) is 3.07. The van der Waals surface area contributed by atoms with Crippen LogP contribution in [0, 0.1) is 0 Å². The number of hydrogen-bond donors (Lipinski definition) is 1. The average molecular weight is 392 g/mol. The second-order valence-corrected chi connectivity index (χ2v) is 8.51. The van der Waals surface area contributed by atoms with E-state index in [1.165, 1.54) is 4.31 Å².